The normalized spacial score (nSPS) is 12.1. The van der Waals surface area contributed by atoms with E-state index in [1.807, 2.05) is 18.2 Å². The van der Waals surface area contributed by atoms with Crippen molar-refractivity contribution in [2.24, 2.45) is 10.8 Å². The highest BCUT2D eigenvalue weighted by molar-refractivity contribution is 6.36. The van der Waals surface area contributed by atoms with Crippen molar-refractivity contribution in [3.63, 3.8) is 0 Å². The van der Waals surface area contributed by atoms with Crippen LogP contribution in [0.3, 0.4) is 0 Å². The van der Waals surface area contributed by atoms with Crippen molar-refractivity contribution in [2.45, 2.75) is 67.2 Å². The van der Waals surface area contributed by atoms with Gasteiger partial charge < -0.3 is 4.74 Å². The van der Waals surface area contributed by atoms with E-state index in [0.29, 0.717) is 32.3 Å². The van der Waals surface area contributed by atoms with Crippen LogP contribution in [0.15, 0.2) is 72.8 Å². The molecule has 0 bridgehead atoms. The minimum Gasteiger partial charge on any atom is -0.457 e. The van der Waals surface area contributed by atoms with Crippen LogP contribution >= 0.6 is 23.2 Å². The lowest BCUT2D eigenvalue weighted by Crippen LogP contribution is -2.08. The summed E-state index contributed by atoms with van der Waals surface area (Å²) in [7, 11) is 0. The number of ether oxygens (including phenoxy) is 1. The molecule has 2 nitrogen and oxygen atoms in total. The fourth-order valence-electron chi connectivity index (χ4n) is 4.56. The molecule has 0 radical (unpaired) electrons. The zero-order chi connectivity index (χ0) is 28.4. The molecule has 0 saturated heterocycles. The SMILES string of the molecule is CC(C)(C)CCc1cc(CCC(C)(C)C)c2cc(Oc3ccc(C(=O)c4cc(Cl)ccc4Cl)cc3)ccc2c1. The fraction of sp³-hybridized carbons (Fsp3) is 0.343. The molecule has 0 N–H and O–H groups in total. The zero-order valence-electron chi connectivity index (χ0n) is 23.8. The summed E-state index contributed by atoms with van der Waals surface area (Å²) in [5.41, 5.74) is 4.25. The van der Waals surface area contributed by atoms with Crippen LogP contribution < -0.4 is 4.74 Å². The molecule has 0 atom stereocenters. The van der Waals surface area contributed by atoms with Gasteiger partial charge >= 0.3 is 0 Å². The summed E-state index contributed by atoms with van der Waals surface area (Å²) in [5.74, 6) is 1.27. The first kappa shape index (κ1) is 29.2. The van der Waals surface area contributed by atoms with Gasteiger partial charge in [0.05, 0.1) is 5.02 Å². The Balaban J connectivity index is 1.58. The molecule has 0 aromatic heterocycles. The number of ketones is 1. The van der Waals surface area contributed by atoms with Gasteiger partial charge in [-0.3, -0.25) is 4.79 Å². The van der Waals surface area contributed by atoms with Crippen molar-refractivity contribution in [3.05, 3.63) is 105 Å². The van der Waals surface area contributed by atoms with Crippen LogP contribution in [0.25, 0.3) is 10.8 Å². The highest BCUT2D eigenvalue weighted by atomic mass is 35.5. The average molecular weight is 562 g/mol. The zero-order valence-corrected chi connectivity index (χ0v) is 25.3. The average Bonchev–Trinajstić information content (AvgIpc) is 2.87. The number of fused-ring (bicyclic) bond motifs is 1. The third kappa shape index (κ3) is 8.10. The van der Waals surface area contributed by atoms with E-state index in [1.54, 1.807) is 30.3 Å². The van der Waals surface area contributed by atoms with Crippen LogP contribution in [0.1, 0.15) is 81.4 Å². The van der Waals surface area contributed by atoms with Gasteiger partial charge in [0.25, 0.3) is 0 Å². The molecule has 0 unspecified atom stereocenters. The van der Waals surface area contributed by atoms with Crippen LogP contribution in [0, 0.1) is 10.8 Å². The third-order valence-corrected chi connectivity index (χ3v) is 7.47. The summed E-state index contributed by atoms with van der Waals surface area (Å²) in [6, 6.07) is 23.1. The monoisotopic (exact) mass is 560 g/mol. The van der Waals surface area contributed by atoms with E-state index in [4.69, 9.17) is 27.9 Å². The lowest BCUT2D eigenvalue weighted by Gasteiger charge is -2.21. The molecule has 0 aliphatic rings. The smallest absolute Gasteiger partial charge is 0.194 e. The number of halogens is 2. The highest BCUT2D eigenvalue weighted by Gasteiger charge is 2.16. The Morgan fingerprint density at radius 3 is 2.03 bits per heavy atom. The fourth-order valence-corrected chi connectivity index (χ4v) is 4.94. The molecule has 4 rings (SSSR count). The van der Waals surface area contributed by atoms with Crippen molar-refractivity contribution in [1.82, 2.24) is 0 Å². The number of benzene rings is 4. The Kier molecular flexibility index (Phi) is 8.78. The Bertz CT molecular complexity index is 1470. The van der Waals surface area contributed by atoms with Gasteiger partial charge in [-0.1, -0.05) is 82.9 Å². The van der Waals surface area contributed by atoms with Crippen molar-refractivity contribution >= 4 is 39.8 Å². The van der Waals surface area contributed by atoms with Gasteiger partial charge in [0.1, 0.15) is 11.5 Å². The lowest BCUT2D eigenvalue weighted by atomic mass is 9.85. The third-order valence-electron chi connectivity index (χ3n) is 6.90. The Hall–Kier alpha value is -2.81. The maximum absolute atomic E-state index is 12.9. The quantitative estimate of drug-likeness (QED) is 0.200. The second-order valence-electron chi connectivity index (χ2n) is 12.8. The van der Waals surface area contributed by atoms with Crippen molar-refractivity contribution in [3.8, 4) is 11.5 Å². The van der Waals surface area contributed by atoms with Crippen LogP contribution in [-0.4, -0.2) is 5.78 Å². The molecule has 0 heterocycles. The van der Waals surface area contributed by atoms with E-state index in [-0.39, 0.29) is 11.2 Å². The summed E-state index contributed by atoms with van der Waals surface area (Å²) in [6.45, 7) is 13.8. The molecule has 0 amide bonds. The standard InChI is InChI=1S/C35H38Cl2O2/c1-34(2,3)17-15-23-19-25-9-13-29(22-30(25)26(20-23)16-18-35(4,5)6)39-28-11-7-24(8-12-28)33(38)31-21-27(36)10-14-32(31)37/h7-14,19-22H,15-18H2,1-6H3. The largest absolute Gasteiger partial charge is 0.457 e. The van der Waals surface area contributed by atoms with E-state index < -0.39 is 0 Å². The molecule has 204 valence electrons. The second kappa shape index (κ2) is 11.7. The van der Waals surface area contributed by atoms with E-state index in [9.17, 15) is 4.79 Å². The number of hydrogen-bond acceptors (Lipinski definition) is 2. The van der Waals surface area contributed by atoms with Gasteiger partial charge in [-0.05, 0) is 113 Å². The second-order valence-corrected chi connectivity index (χ2v) is 13.7. The van der Waals surface area contributed by atoms with E-state index in [0.717, 1.165) is 31.4 Å². The Labute approximate surface area is 243 Å². The first-order valence-corrected chi connectivity index (χ1v) is 14.4. The van der Waals surface area contributed by atoms with Crippen molar-refractivity contribution < 1.29 is 9.53 Å². The summed E-state index contributed by atoms with van der Waals surface area (Å²) in [6.07, 6.45) is 4.36. The molecule has 0 fully saturated rings. The minimum atomic E-state index is -0.175. The van der Waals surface area contributed by atoms with Gasteiger partial charge in [0.15, 0.2) is 5.78 Å². The molecular weight excluding hydrogens is 523 g/mol. The summed E-state index contributed by atoms with van der Waals surface area (Å²) < 4.78 is 6.23. The number of carbonyl (C=O) groups excluding carboxylic acids is 1. The molecule has 0 aliphatic carbocycles. The molecule has 0 aliphatic heterocycles. The summed E-state index contributed by atoms with van der Waals surface area (Å²) in [5, 5.41) is 3.34. The molecule has 4 aromatic carbocycles. The van der Waals surface area contributed by atoms with Crippen LogP contribution in [0.4, 0.5) is 0 Å². The van der Waals surface area contributed by atoms with Crippen LogP contribution in [0.2, 0.25) is 10.0 Å². The van der Waals surface area contributed by atoms with Crippen LogP contribution in [-0.2, 0) is 12.8 Å². The first-order valence-electron chi connectivity index (χ1n) is 13.6. The van der Waals surface area contributed by atoms with Gasteiger partial charge in [0.2, 0.25) is 0 Å². The van der Waals surface area contributed by atoms with E-state index in [1.165, 1.54) is 21.9 Å². The highest BCUT2D eigenvalue weighted by Crippen LogP contribution is 2.33. The first-order chi connectivity index (χ1) is 18.3. The Morgan fingerprint density at radius 2 is 1.36 bits per heavy atom. The van der Waals surface area contributed by atoms with Gasteiger partial charge in [0, 0.05) is 16.1 Å². The number of carbonyl (C=O) groups is 1. The maximum Gasteiger partial charge on any atom is 0.194 e. The molecular formula is C35H38Cl2O2. The van der Waals surface area contributed by atoms with Crippen molar-refractivity contribution in [1.29, 1.82) is 0 Å². The van der Waals surface area contributed by atoms with E-state index >= 15 is 0 Å². The number of aryl methyl sites for hydroxylation is 2. The molecule has 39 heavy (non-hydrogen) atoms. The molecule has 0 saturated carbocycles. The number of hydrogen-bond donors (Lipinski definition) is 0. The predicted octanol–water partition coefficient (Wildman–Crippen LogP) is 11.1. The predicted molar refractivity (Wildman–Crippen MR) is 166 cm³/mol. The van der Waals surface area contributed by atoms with Crippen molar-refractivity contribution in [2.75, 3.05) is 0 Å². The molecule has 4 aromatic rings. The van der Waals surface area contributed by atoms with Gasteiger partial charge in [-0.15, -0.1) is 0 Å². The minimum absolute atomic E-state index is 0.175. The van der Waals surface area contributed by atoms with Gasteiger partial charge in [-0.25, -0.2) is 0 Å². The molecule has 0 spiro atoms. The van der Waals surface area contributed by atoms with Crippen LogP contribution in [0.5, 0.6) is 11.5 Å². The number of rotatable bonds is 8. The van der Waals surface area contributed by atoms with Gasteiger partial charge in [-0.2, -0.15) is 0 Å². The molecule has 4 heteroatoms. The summed E-state index contributed by atoms with van der Waals surface area (Å²) >= 11 is 12.3. The Morgan fingerprint density at radius 1 is 0.718 bits per heavy atom. The summed E-state index contributed by atoms with van der Waals surface area (Å²) in [4.78, 5) is 12.9. The van der Waals surface area contributed by atoms with E-state index in [2.05, 4.69) is 65.8 Å². The maximum atomic E-state index is 12.9. The topological polar surface area (TPSA) is 26.3 Å². The lowest BCUT2D eigenvalue weighted by molar-refractivity contribution is 0.103.